The third kappa shape index (κ3) is 4.83. The van der Waals surface area contributed by atoms with Gasteiger partial charge in [-0.3, -0.25) is 0 Å². The highest BCUT2D eigenvalue weighted by Gasteiger charge is 2.12. The van der Waals surface area contributed by atoms with Crippen LogP contribution in [0.4, 0.5) is 4.39 Å². The first-order valence-electron chi connectivity index (χ1n) is 5.67. The molecule has 0 bridgehead atoms. The minimum absolute atomic E-state index is 0.100. The lowest BCUT2D eigenvalue weighted by Crippen LogP contribution is -2.25. The van der Waals surface area contributed by atoms with Gasteiger partial charge in [-0.15, -0.1) is 0 Å². The van der Waals surface area contributed by atoms with Gasteiger partial charge in [0.1, 0.15) is 5.82 Å². The lowest BCUT2D eigenvalue weighted by atomic mass is 10.1. The first-order valence-corrected chi connectivity index (χ1v) is 7.15. The van der Waals surface area contributed by atoms with Crippen molar-refractivity contribution in [3.8, 4) is 0 Å². The molecule has 0 amide bonds. The van der Waals surface area contributed by atoms with Crippen molar-refractivity contribution in [2.45, 2.75) is 31.6 Å². The van der Waals surface area contributed by atoms with Crippen LogP contribution in [0.25, 0.3) is 0 Å². The molecule has 0 fully saturated rings. The predicted octanol–water partition coefficient (Wildman–Crippen LogP) is 2.54. The van der Waals surface area contributed by atoms with E-state index in [0.717, 1.165) is 25.0 Å². The minimum Gasteiger partial charge on any atom is -0.211 e. The fraction of sp³-hybridized carbons (Fsp3) is 0.500. The highest BCUT2D eigenvalue weighted by atomic mass is 32.2. The van der Waals surface area contributed by atoms with Gasteiger partial charge in [0.25, 0.3) is 0 Å². The SMILES string of the molecule is CC(C)CCCNS(=O)(=O)c1ccc(F)cc1. The van der Waals surface area contributed by atoms with Gasteiger partial charge >= 0.3 is 0 Å². The molecule has 0 aliphatic carbocycles. The van der Waals surface area contributed by atoms with Crippen LogP contribution >= 0.6 is 0 Å². The van der Waals surface area contributed by atoms with Crippen molar-refractivity contribution in [1.82, 2.24) is 4.72 Å². The van der Waals surface area contributed by atoms with E-state index in [2.05, 4.69) is 18.6 Å². The maximum atomic E-state index is 12.7. The second kappa shape index (κ2) is 6.12. The molecule has 0 aromatic heterocycles. The Kier molecular flexibility index (Phi) is 5.08. The van der Waals surface area contributed by atoms with Gasteiger partial charge < -0.3 is 0 Å². The summed E-state index contributed by atoms with van der Waals surface area (Å²) in [5.41, 5.74) is 0. The Morgan fingerprint density at radius 2 is 1.82 bits per heavy atom. The molecule has 1 aromatic carbocycles. The van der Waals surface area contributed by atoms with E-state index >= 15 is 0 Å². The van der Waals surface area contributed by atoms with E-state index in [0.29, 0.717) is 12.5 Å². The molecule has 0 unspecified atom stereocenters. The van der Waals surface area contributed by atoms with Crippen LogP contribution in [0.3, 0.4) is 0 Å². The van der Waals surface area contributed by atoms with Crippen LogP contribution in [-0.2, 0) is 10.0 Å². The van der Waals surface area contributed by atoms with E-state index in [9.17, 15) is 12.8 Å². The molecule has 0 aliphatic rings. The molecule has 0 saturated heterocycles. The summed E-state index contributed by atoms with van der Waals surface area (Å²) < 4.78 is 38.7. The van der Waals surface area contributed by atoms with E-state index < -0.39 is 15.8 Å². The maximum Gasteiger partial charge on any atom is 0.240 e. The van der Waals surface area contributed by atoms with Gasteiger partial charge in [0.15, 0.2) is 0 Å². The summed E-state index contributed by atoms with van der Waals surface area (Å²) >= 11 is 0. The van der Waals surface area contributed by atoms with E-state index in [1.807, 2.05) is 0 Å². The van der Waals surface area contributed by atoms with Gasteiger partial charge in [-0.05, 0) is 43.0 Å². The highest BCUT2D eigenvalue weighted by molar-refractivity contribution is 7.89. The average Bonchev–Trinajstić information content (AvgIpc) is 2.25. The molecule has 0 spiro atoms. The van der Waals surface area contributed by atoms with Crippen LogP contribution in [0.1, 0.15) is 26.7 Å². The van der Waals surface area contributed by atoms with Gasteiger partial charge in [0, 0.05) is 6.54 Å². The highest BCUT2D eigenvalue weighted by Crippen LogP contribution is 2.10. The molecule has 3 nitrogen and oxygen atoms in total. The summed E-state index contributed by atoms with van der Waals surface area (Å²) in [6.45, 7) is 4.60. The molecular formula is C12H18FNO2S. The van der Waals surface area contributed by atoms with Crippen molar-refractivity contribution in [2.75, 3.05) is 6.54 Å². The summed E-state index contributed by atoms with van der Waals surface area (Å²) in [5.74, 6) is 0.120. The van der Waals surface area contributed by atoms with Crippen molar-refractivity contribution in [2.24, 2.45) is 5.92 Å². The maximum absolute atomic E-state index is 12.7. The second-order valence-electron chi connectivity index (χ2n) is 4.39. The van der Waals surface area contributed by atoms with Crippen LogP contribution in [0.2, 0.25) is 0 Å². The van der Waals surface area contributed by atoms with E-state index in [1.165, 1.54) is 12.1 Å². The normalized spacial score (nSPS) is 12.0. The molecule has 0 atom stereocenters. The minimum atomic E-state index is -3.49. The summed E-state index contributed by atoms with van der Waals surface area (Å²) in [5, 5.41) is 0. The van der Waals surface area contributed by atoms with Gasteiger partial charge in [-0.25, -0.2) is 17.5 Å². The van der Waals surface area contributed by atoms with Gasteiger partial charge in [0.05, 0.1) is 4.90 Å². The third-order valence-corrected chi connectivity index (χ3v) is 3.85. The monoisotopic (exact) mass is 259 g/mol. The Hall–Kier alpha value is -0.940. The van der Waals surface area contributed by atoms with E-state index in [1.54, 1.807) is 0 Å². The number of rotatable bonds is 6. The fourth-order valence-electron chi connectivity index (χ4n) is 1.41. The Bertz CT molecular complexity index is 440. The van der Waals surface area contributed by atoms with E-state index in [-0.39, 0.29) is 4.90 Å². The topological polar surface area (TPSA) is 46.2 Å². The molecule has 96 valence electrons. The molecule has 0 aliphatic heterocycles. The molecule has 1 N–H and O–H groups in total. The number of hydrogen-bond acceptors (Lipinski definition) is 2. The molecule has 17 heavy (non-hydrogen) atoms. The zero-order valence-corrected chi connectivity index (χ0v) is 10.9. The van der Waals surface area contributed by atoms with Crippen LogP contribution in [0.15, 0.2) is 29.2 Å². The Labute approximate surface area is 102 Å². The van der Waals surface area contributed by atoms with Crippen LogP contribution < -0.4 is 4.72 Å². The fourth-order valence-corrected chi connectivity index (χ4v) is 2.49. The largest absolute Gasteiger partial charge is 0.240 e. The van der Waals surface area contributed by atoms with Crippen molar-refractivity contribution in [3.05, 3.63) is 30.1 Å². The van der Waals surface area contributed by atoms with Crippen molar-refractivity contribution in [3.63, 3.8) is 0 Å². The molecule has 5 heteroatoms. The summed E-state index contributed by atoms with van der Waals surface area (Å²) in [6.07, 6.45) is 1.78. The van der Waals surface area contributed by atoms with Crippen molar-refractivity contribution < 1.29 is 12.8 Å². The Balaban J connectivity index is 2.54. The zero-order chi connectivity index (χ0) is 12.9. The lowest BCUT2D eigenvalue weighted by Gasteiger charge is -2.07. The van der Waals surface area contributed by atoms with Crippen LogP contribution in [0.5, 0.6) is 0 Å². The Morgan fingerprint density at radius 3 is 2.35 bits per heavy atom. The Morgan fingerprint density at radius 1 is 1.24 bits per heavy atom. The van der Waals surface area contributed by atoms with Crippen molar-refractivity contribution in [1.29, 1.82) is 0 Å². The van der Waals surface area contributed by atoms with E-state index in [4.69, 9.17) is 0 Å². The zero-order valence-electron chi connectivity index (χ0n) is 10.1. The van der Waals surface area contributed by atoms with Crippen molar-refractivity contribution >= 4 is 10.0 Å². The van der Waals surface area contributed by atoms with Gasteiger partial charge in [0.2, 0.25) is 10.0 Å². The lowest BCUT2D eigenvalue weighted by molar-refractivity contribution is 0.539. The summed E-state index contributed by atoms with van der Waals surface area (Å²) in [7, 11) is -3.49. The molecular weight excluding hydrogens is 241 g/mol. The molecule has 0 radical (unpaired) electrons. The second-order valence-corrected chi connectivity index (χ2v) is 6.15. The first-order chi connectivity index (χ1) is 7.92. The first kappa shape index (κ1) is 14.1. The third-order valence-electron chi connectivity index (χ3n) is 2.37. The summed E-state index contributed by atoms with van der Waals surface area (Å²) in [4.78, 5) is 0.100. The number of hydrogen-bond donors (Lipinski definition) is 1. The van der Waals surface area contributed by atoms with Crippen LogP contribution in [-0.4, -0.2) is 15.0 Å². The van der Waals surface area contributed by atoms with Crippen LogP contribution in [0, 0.1) is 11.7 Å². The number of halogens is 1. The summed E-state index contributed by atoms with van der Waals surface area (Å²) in [6, 6.07) is 4.81. The molecule has 0 saturated carbocycles. The average molecular weight is 259 g/mol. The standard InChI is InChI=1S/C12H18FNO2S/c1-10(2)4-3-9-14-17(15,16)12-7-5-11(13)6-8-12/h5-8,10,14H,3-4,9H2,1-2H3. The number of nitrogens with one attached hydrogen (secondary N) is 1. The van der Waals surface area contributed by atoms with Gasteiger partial charge in [-0.1, -0.05) is 13.8 Å². The van der Waals surface area contributed by atoms with Gasteiger partial charge in [-0.2, -0.15) is 0 Å². The molecule has 1 rings (SSSR count). The molecule has 0 heterocycles. The number of benzene rings is 1. The predicted molar refractivity (Wildman–Crippen MR) is 65.7 cm³/mol. The quantitative estimate of drug-likeness (QED) is 0.798. The number of sulfonamides is 1. The smallest absolute Gasteiger partial charge is 0.211 e. The molecule has 1 aromatic rings.